The summed E-state index contributed by atoms with van der Waals surface area (Å²) in [6, 6.07) is 3.38. The predicted molar refractivity (Wildman–Crippen MR) is 97.1 cm³/mol. The maximum Gasteiger partial charge on any atom is 0.251 e. The normalized spacial score (nSPS) is 18.6. The van der Waals surface area contributed by atoms with Gasteiger partial charge in [0.05, 0.1) is 18.2 Å². The topological polar surface area (TPSA) is 73.3 Å². The van der Waals surface area contributed by atoms with E-state index in [1.807, 2.05) is 13.1 Å². The number of amides is 1. The van der Waals surface area contributed by atoms with E-state index < -0.39 is 0 Å². The smallest absolute Gasteiger partial charge is 0.251 e. The molecule has 1 amide bonds. The number of carbonyl (C=O) groups is 1. The van der Waals surface area contributed by atoms with Crippen LogP contribution in [0.5, 0.6) is 11.5 Å². The third kappa shape index (κ3) is 3.46. The van der Waals surface area contributed by atoms with E-state index in [9.17, 15) is 4.79 Å². The summed E-state index contributed by atoms with van der Waals surface area (Å²) in [5.74, 6) is 1.66. The van der Waals surface area contributed by atoms with Crippen LogP contribution in [-0.2, 0) is 12.8 Å². The van der Waals surface area contributed by atoms with Gasteiger partial charge in [-0.25, -0.2) is 9.97 Å². The summed E-state index contributed by atoms with van der Waals surface area (Å²) in [6.45, 7) is 3.00. The molecule has 6 nitrogen and oxygen atoms in total. The molecule has 1 aliphatic carbocycles. The Balaban J connectivity index is 1.49. The summed E-state index contributed by atoms with van der Waals surface area (Å²) in [5.41, 5.74) is 2.66. The Labute approximate surface area is 156 Å². The molecule has 1 atom stereocenters. The van der Waals surface area contributed by atoms with Gasteiger partial charge in [0.1, 0.15) is 5.82 Å². The van der Waals surface area contributed by atoms with Gasteiger partial charge in [-0.05, 0) is 43.9 Å². The average molecular weight is 374 g/mol. The van der Waals surface area contributed by atoms with Crippen LogP contribution in [0.3, 0.4) is 0 Å². The van der Waals surface area contributed by atoms with Gasteiger partial charge in [-0.3, -0.25) is 4.79 Å². The number of halogens is 1. The van der Waals surface area contributed by atoms with Gasteiger partial charge >= 0.3 is 0 Å². The van der Waals surface area contributed by atoms with Crippen molar-refractivity contribution in [2.75, 3.05) is 13.2 Å². The first-order chi connectivity index (χ1) is 12.6. The van der Waals surface area contributed by atoms with Crippen LogP contribution < -0.4 is 14.8 Å². The fraction of sp³-hybridized carbons (Fsp3) is 0.421. The fourth-order valence-electron chi connectivity index (χ4n) is 3.36. The highest BCUT2D eigenvalue weighted by Gasteiger charge is 2.24. The molecule has 2 heterocycles. The zero-order valence-corrected chi connectivity index (χ0v) is 15.3. The number of fused-ring (bicyclic) bond motifs is 2. The minimum absolute atomic E-state index is 0.0519. The van der Waals surface area contributed by atoms with Crippen molar-refractivity contribution in [2.45, 2.75) is 38.6 Å². The van der Waals surface area contributed by atoms with Crippen LogP contribution >= 0.6 is 11.6 Å². The van der Waals surface area contributed by atoms with E-state index in [0.717, 1.165) is 42.8 Å². The molecule has 1 N–H and O–H groups in total. The Kier molecular flexibility index (Phi) is 4.68. The first kappa shape index (κ1) is 17.1. The third-order valence-electron chi connectivity index (χ3n) is 4.67. The van der Waals surface area contributed by atoms with Crippen molar-refractivity contribution in [3.05, 3.63) is 46.0 Å². The zero-order chi connectivity index (χ0) is 18.1. The monoisotopic (exact) mass is 373 g/mol. The number of carbonyl (C=O) groups excluding carboxylic acids is 1. The van der Waals surface area contributed by atoms with E-state index in [4.69, 9.17) is 21.1 Å². The molecule has 0 radical (unpaired) electrons. The Bertz CT molecular complexity index is 856. The van der Waals surface area contributed by atoms with Crippen LogP contribution in [0.4, 0.5) is 0 Å². The summed E-state index contributed by atoms with van der Waals surface area (Å²) < 4.78 is 11.3. The molecule has 1 aliphatic heterocycles. The SMILES string of the molecule is Cc1ncc2c(n1)CC[C@H](NC(=O)c1cc(Cl)c3c(c1)OCCCO3)C2. The molecule has 2 aliphatic rings. The maximum absolute atomic E-state index is 12.7. The van der Waals surface area contributed by atoms with Gasteiger partial charge in [0.15, 0.2) is 11.5 Å². The lowest BCUT2D eigenvalue weighted by Gasteiger charge is -2.25. The number of aromatic nitrogens is 2. The standard InChI is InChI=1S/C19H20ClN3O3/c1-11-21-10-13-7-14(3-4-16(13)22-11)23-19(24)12-8-15(20)18-17(9-12)25-5-2-6-26-18/h8-10,14H,2-7H2,1H3,(H,23,24)/t14-/m0/s1. The van der Waals surface area contributed by atoms with Gasteiger partial charge in [0, 0.05) is 29.9 Å². The highest BCUT2D eigenvalue weighted by atomic mass is 35.5. The second-order valence-corrected chi connectivity index (χ2v) is 7.05. The molecule has 0 saturated carbocycles. The fourth-order valence-corrected chi connectivity index (χ4v) is 3.63. The van der Waals surface area contributed by atoms with Crippen LogP contribution in [0.2, 0.25) is 5.02 Å². The average Bonchev–Trinajstić information content (AvgIpc) is 2.87. The number of benzene rings is 1. The Morgan fingerprint density at radius 3 is 3.04 bits per heavy atom. The molecule has 26 heavy (non-hydrogen) atoms. The van der Waals surface area contributed by atoms with Crippen LogP contribution in [0, 0.1) is 6.92 Å². The van der Waals surface area contributed by atoms with E-state index in [0.29, 0.717) is 35.3 Å². The van der Waals surface area contributed by atoms with Crippen molar-refractivity contribution in [3.63, 3.8) is 0 Å². The van der Waals surface area contributed by atoms with Gasteiger partial charge < -0.3 is 14.8 Å². The summed E-state index contributed by atoms with van der Waals surface area (Å²) in [6.07, 6.45) is 5.08. The first-order valence-electron chi connectivity index (χ1n) is 8.81. The summed E-state index contributed by atoms with van der Waals surface area (Å²) >= 11 is 6.29. The van der Waals surface area contributed by atoms with E-state index in [1.54, 1.807) is 12.1 Å². The molecule has 1 aromatic carbocycles. The van der Waals surface area contributed by atoms with Crippen LogP contribution in [-0.4, -0.2) is 35.1 Å². The van der Waals surface area contributed by atoms with E-state index in [-0.39, 0.29) is 11.9 Å². The Morgan fingerprint density at radius 1 is 1.31 bits per heavy atom. The molecule has 7 heteroatoms. The van der Waals surface area contributed by atoms with Crippen molar-refractivity contribution in [1.29, 1.82) is 0 Å². The molecular formula is C19H20ClN3O3. The zero-order valence-electron chi connectivity index (χ0n) is 14.5. The second-order valence-electron chi connectivity index (χ2n) is 6.64. The second kappa shape index (κ2) is 7.11. The largest absolute Gasteiger partial charge is 0.489 e. The summed E-state index contributed by atoms with van der Waals surface area (Å²) in [4.78, 5) is 21.4. The molecule has 0 spiro atoms. The third-order valence-corrected chi connectivity index (χ3v) is 4.95. The van der Waals surface area contributed by atoms with Crippen molar-refractivity contribution in [2.24, 2.45) is 0 Å². The first-order valence-corrected chi connectivity index (χ1v) is 9.19. The van der Waals surface area contributed by atoms with Crippen molar-refractivity contribution < 1.29 is 14.3 Å². The van der Waals surface area contributed by atoms with E-state index in [1.165, 1.54) is 0 Å². The van der Waals surface area contributed by atoms with E-state index >= 15 is 0 Å². The maximum atomic E-state index is 12.7. The number of nitrogens with one attached hydrogen (secondary N) is 1. The lowest BCUT2D eigenvalue weighted by molar-refractivity contribution is 0.0933. The molecule has 0 saturated heterocycles. The highest BCUT2D eigenvalue weighted by Crippen LogP contribution is 2.38. The van der Waals surface area contributed by atoms with Crippen molar-refractivity contribution in [1.82, 2.24) is 15.3 Å². The van der Waals surface area contributed by atoms with Gasteiger partial charge in [0.25, 0.3) is 5.91 Å². The van der Waals surface area contributed by atoms with Crippen LogP contribution in [0.25, 0.3) is 0 Å². The van der Waals surface area contributed by atoms with Crippen molar-refractivity contribution >= 4 is 17.5 Å². The molecule has 1 aromatic heterocycles. The Hall–Kier alpha value is -2.34. The van der Waals surface area contributed by atoms with Gasteiger partial charge in [0.2, 0.25) is 0 Å². The number of nitrogens with zero attached hydrogens (tertiary/aromatic N) is 2. The van der Waals surface area contributed by atoms with Gasteiger partial charge in [-0.2, -0.15) is 0 Å². The highest BCUT2D eigenvalue weighted by molar-refractivity contribution is 6.32. The molecule has 136 valence electrons. The summed E-state index contributed by atoms with van der Waals surface area (Å²) in [7, 11) is 0. The minimum Gasteiger partial charge on any atom is -0.489 e. The van der Waals surface area contributed by atoms with Crippen molar-refractivity contribution in [3.8, 4) is 11.5 Å². The van der Waals surface area contributed by atoms with Gasteiger partial charge in [-0.15, -0.1) is 0 Å². The lowest BCUT2D eigenvalue weighted by atomic mass is 9.92. The number of rotatable bonds is 2. The molecule has 0 fully saturated rings. The summed E-state index contributed by atoms with van der Waals surface area (Å²) in [5, 5.41) is 3.49. The lowest BCUT2D eigenvalue weighted by Crippen LogP contribution is -2.39. The molecule has 0 unspecified atom stereocenters. The van der Waals surface area contributed by atoms with E-state index in [2.05, 4.69) is 15.3 Å². The van der Waals surface area contributed by atoms with Crippen LogP contribution in [0.1, 0.15) is 40.3 Å². The quantitative estimate of drug-likeness (QED) is 0.876. The molecule has 2 aromatic rings. The Morgan fingerprint density at radius 2 is 2.15 bits per heavy atom. The minimum atomic E-state index is -0.163. The number of hydrogen-bond acceptors (Lipinski definition) is 5. The van der Waals surface area contributed by atoms with Gasteiger partial charge in [-0.1, -0.05) is 11.6 Å². The number of ether oxygens (including phenoxy) is 2. The molecule has 4 rings (SSSR count). The molecule has 0 bridgehead atoms. The number of aryl methyl sites for hydroxylation is 2. The predicted octanol–water partition coefficient (Wildman–Crippen LogP) is 2.89. The number of hydrogen-bond donors (Lipinski definition) is 1. The van der Waals surface area contributed by atoms with Crippen LogP contribution in [0.15, 0.2) is 18.3 Å². The molecular weight excluding hydrogens is 354 g/mol.